The molecule has 0 aliphatic heterocycles. The topological polar surface area (TPSA) is 58.4 Å². The highest BCUT2D eigenvalue weighted by Gasteiger charge is 2.04. The Bertz CT molecular complexity index is 136. The molecule has 0 heterocycles. The number of amides is 1. The normalized spacial score (nSPS) is 13.1. The van der Waals surface area contributed by atoms with Crippen molar-refractivity contribution in [1.29, 1.82) is 0 Å². The second-order valence-electron chi connectivity index (χ2n) is 3.31. The molecule has 3 N–H and O–H groups in total. The summed E-state index contributed by atoms with van der Waals surface area (Å²) in [5, 5.41) is 1.65. The molecule has 0 saturated heterocycles. The largest absolute Gasteiger partial charge is 0.330 e. The quantitative estimate of drug-likeness (QED) is 0.573. The minimum Gasteiger partial charge on any atom is -0.330 e. The van der Waals surface area contributed by atoms with Crippen LogP contribution in [0.5, 0.6) is 0 Å². The van der Waals surface area contributed by atoms with Crippen LogP contribution in [0.15, 0.2) is 0 Å². The van der Waals surface area contributed by atoms with Crippen LogP contribution in [-0.4, -0.2) is 31.6 Å². The summed E-state index contributed by atoms with van der Waals surface area (Å²) < 4.78 is 0. The zero-order chi connectivity index (χ0) is 9.56. The van der Waals surface area contributed by atoms with Gasteiger partial charge in [0.2, 0.25) is 5.91 Å². The van der Waals surface area contributed by atoms with Gasteiger partial charge in [0.05, 0.1) is 0 Å². The summed E-state index contributed by atoms with van der Waals surface area (Å²) in [7, 11) is 3.59. The molecule has 0 aliphatic carbocycles. The van der Waals surface area contributed by atoms with Crippen molar-refractivity contribution in [3.05, 3.63) is 0 Å². The molecule has 12 heavy (non-hydrogen) atoms. The van der Waals surface area contributed by atoms with Crippen LogP contribution in [-0.2, 0) is 4.79 Å². The van der Waals surface area contributed by atoms with Gasteiger partial charge in [0.1, 0.15) is 0 Å². The average Bonchev–Trinajstić information content (AvgIpc) is 1.99. The third-order valence-electron chi connectivity index (χ3n) is 1.61. The van der Waals surface area contributed by atoms with Gasteiger partial charge < -0.3 is 5.73 Å². The number of hydrogen-bond donors (Lipinski definition) is 2. The van der Waals surface area contributed by atoms with Crippen molar-refractivity contribution in [3.8, 4) is 0 Å². The lowest BCUT2D eigenvalue weighted by atomic mass is 10.1. The van der Waals surface area contributed by atoms with Gasteiger partial charge in [-0.1, -0.05) is 6.92 Å². The summed E-state index contributed by atoms with van der Waals surface area (Å²) in [4.78, 5) is 11.1. The molecule has 0 spiro atoms. The van der Waals surface area contributed by atoms with Gasteiger partial charge in [-0.3, -0.25) is 10.2 Å². The molecule has 72 valence electrons. The van der Waals surface area contributed by atoms with Crippen molar-refractivity contribution in [2.45, 2.75) is 19.8 Å². The Morgan fingerprint density at radius 3 is 2.58 bits per heavy atom. The molecule has 0 fully saturated rings. The molecular formula is C8H19N3O. The monoisotopic (exact) mass is 173 g/mol. The standard InChI is InChI=1S/C8H19N3O/c1-7(6-9)4-5-8(12)10-11(2)3/h7H,4-6,9H2,1-3H3,(H,10,12). The molecule has 0 aromatic carbocycles. The second kappa shape index (κ2) is 5.97. The smallest absolute Gasteiger partial charge is 0.234 e. The maximum Gasteiger partial charge on any atom is 0.234 e. The minimum atomic E-state index is 0.0558. The van der Waals surface area contributed by atoms with E-state index < -0.39 is 0 Å². The first-order valence-electron chi connectivity index (χ1n) is 4.23. The Balaban J connectivity index is 3.44. The predicted octanol–water partition coefficient (Wildman–Crippen LogP) is -0.0458. The lowest BCUT2D eigenvalue weighted by Crippen LogP contribution is -2.36. The van der Waals surface area contributed by atoms with Crippen molar-refractivity contribution in [1.82, 2.24) is 10.4 Å². The molecule has 0 radical (unpaired) electrons. The van der Waals surface area contributed by atoms with Gasteiger partial charge in [0, 0.05) is 20.5 Å². The van der Waals surface area contributed by atoms with Crippen LogP contribution in [0.2, 0.25) is 0 Å². The van der Waals surface area contributed by atoms with E-state index in [0.717, 1.165) is 6.42 Å². The van der Waals surface area contributed by atoms with Crippen LogP contribution in [0.4, 0.5) is 0 Å². The molecule has 0 rings (SSSR count). The van der Waals surface area contributed by atoms with Gasteiger partial charge in [-0.05, 0) is 18.9 Å². The highest BCUT2D eigenvalue weighted by molar-refractivity contribution is 5.75. The van der Waals surface area contributed by atoms with E-state index in [9.17, 15) is 4.79 Å². The average molecular weight is 173 g/mol. The molecule has 1 amide bonds. The Morgan fingerprint density at radius 2 is 2.17 bits per heavy atom. The van der Waals surface area contributed by atoms with Crippen LogP contribution in [0.1, 0.15) is 19.8 Å². The first-order valence-corrected chi connectivity index (χ1v) is 4.23. The Morgan fingerprint density at radius 1 is 1.58 bits per heavy atom. The van der Waals surface area contributed by atoms with E-state index >= 15 is 0 Å². The van der Waals surface area contributed by atoms with E-state index in [-0.39, 0.29) is 5.91 Å². The van der Waals surface area contributed by atoms with Crippen molar-refractivity contribution >= 4 is 5.91 Å². The van der Waals surface area contributed by atoms with E-state index in [2.05, 4.69) is 5.43 Å². The zero-order valence-corrected chi connectivity index (χ0v) is 8.13. The van der Waals surface area contributed by atoms with Gasteiger partial charge in [-0.2, -0.15) is 0 Å². The van der Waals surface area contributed by atoms with E-state index in [1.54, 1.807) is 19.1 Å². The number of nitrogens with zero attached hydrogens (tertiary/aromatic N) is 1. The third kappa shape index (κ3) is 6.12. The number of hydrazine groups is 1. The number of rotatable bonds is 5. The van der Waals surface area contributed by atoms with E-state index in [1.807, 2.05) is 6.92 Å². The molecule has 0 aromatic heterocycles. The lowest BCUT2D eigenvalue weighted by molar-refractivity contribution is -0.125. The highest BCUT2D eigenvalue weighted by atomic mass is 16.2. The van der Waals surface area contributed by atoms with Crippen molar-refractivity contribution in [2.75, 3.05) is 20.6 Å². The second-order valence-corrected chi connectivity index (χ2v) is 3.31. The maximum absolute atomic E-state index is 11.1. The molecule has 4 heteroatoms. The lowest BCUT2D eigenvalue weighted by Gasteiger charge is -2.12. The van der Waals surface area contributed by atoms with Crippen molar-refractivity contribution < 1.29 is 4.79 Å². The summed E-state index contributed by atoms with van der Waals surface area (Å²) in [6.45, 7) is 2.69. The molecular weight excluding hydrogens is 154 g/mol. The van der Waals surface area contributed by atoms with Crippen LogP contribution in [0.25, 0.3) is 0 Å². The molecule has 0 aromatic rings. The predicted molar refractivity (Wildman–Crippen MR) is 49.3 cm³/mol. The maximum atomic E-state index is 11.1. The Kier molecular flexibility index (Phi) is 5.66. The summed E-state index contributed by atoms with van der Waals surface area (Å²) in [5.74, 6) is 0.484. The zero-order valence-electron chi connectivity index (χ0n) is 8.13. The minimum absolute atomic E-state index is 0.0558. The van der Waals surface area contributed by atoms with Gasteiger partial charge >= 0.3 is 0 Å². The molecule has 0 saturated carbocycles. The Hall–Kier alpha value is -0.610. The fourth-order valence-electron chi connectivity index (χ4n) is 0.801. The van der Waals surface area contributed by atoms with Gasteiger partial charge in [-0.15, -0.1) is 0 Å². The Labute approximate surface area is 74.1 Å². The molecule has 1 atom stereocenters. The number of nitrogens with one attached hydrogen (secondary N) is 1. The third-order valence-corrected chi connectivity index (χ3v) is 1.61. The van der Waals surface area contributed by atoms with Crippen LogP contribution >= 0.6 is 0 Å². The van der Waals surface area contributed by atoms with E-state index in [0.29, 0.717) is 18.9 Å². The van der Waals surface area contributed by atoms with E-state index in [4.69, 9.17) is 5.73 Å². The fourth-order valence-corrected chi connectivity index (χ4v) is 0.801. The van der Waals surface area contributed by atoms with E-state index in [1.165, 1.54) is 0 Å². The van der Waals surface area contributed by atoms with Gasteiger partial charge in [0.15, 0.2) is 0 Å². The van der Waals surface area contributed by atoms with Crippen LogP contribution in [0.3, 0.4) is 0 Å². The van der Waals surface area contributed by atoms with Gasteiger partial charge in [-0.25, -0.2) is 5.01 Å². The SMILES string of the molecule is CC(CN)CCC(=O)NN(C)C. The van der Waals surface area contributed by atoms with Gasteiger partial charge in [0.25, 0.3) is 0 Å². The number of carbonyl (C=O) groups excluding carboxylic acids is 1. The molecule has 1 unspecified atom stereocenters. The van der Waals surface area contributed by atoms with Crippen LogP contribution in [0, 0.1) is 5.92 Å². The first kappa shape index (κ1) is 11.4. The summed E-state index contributed by atoms with van der Waals surface area (Å²) in [6, 6.07) is 0. The molecule has 0 bridgehead atoms. The summed E-state index contributed by atoms with van der Waals surface area (Å²) >= 11 is 0. The van der Waals surface area contributed by atoms with Crippen molar-refractivity contribution in [3.63, 3.8) is 0 Å². The molecule has 0 aliphatic rings. The number of carbonyl (C=O) groups is 1. The summed E-state index contributed by atoms with van der Waals surface area (Å²) in [6.07, 6.45) is 1.41. The highest BCUT2D eigenvalue weighted by Crippen LogP contribution is 2.02. The number of hydrogen-bond acceptors (Lipinski definition) is 3. The first-order chi connectivity index (χ1) is 5.56. The van der Waals surface area contributed by atoms with Crippen molar-refractivity contribution in [2.24, 2.45) is 11.7 Å². The summed E-state index contributed by atoms with van der Waals surface area (Å²) in [5.41, 5.74) is 8.09. The molecule has 4 nitrogen and oxygen atoms in total. The number of nitrogens with two attached hydrogens (primary N) is 1. The fraction of sp³-hybridized carbons (Fsp3) is 0.875. The van der Waals surface area contributed by atoms with Crippen LogP contribution < -0.4 is 11.2 Å².